The Morgan fingerprint density at radius 3 is 2.12 bits per heavy atom. The van der Waals surface area contributed by atoms with Crippen LogP contribution in [0.3, 0.4) is 0 Å². The molecular formula is C22H20FNO. The molecule has 2 nitrogen and oxygen atoms in total. The van der Waals surface area contributed by atoms with Crippen LogP contribution in [0.25, 0.3) is 0 Å². The van der Waals surface area contributed by atoms with E-state index >= 15 is 0 Å². The van der Waals surface area contributed by atoms with Gasteiger partial charge in [0.15, 0.2) is 0 Å². The average molecular weight is 333 g/mol. The number of halogens is 1. The van der Waals surface area contributed by atoms with Gasteiger partial charge in [-0.2, -0.15) is 0 Å². The molecule has 3 aromatic rings. The van der Waals surface area contributed by atoms with E-state index in [0.29, 0.717) is 0 Å². The zero-order valence-corrected chi connectivity index (χ0v) is 14.1. The highest BCUT2D eigenvalue weighted by Gasteiger charge is 2.16. The van der Waals surface area contributed by atoms with Crippen LogP contribution in [0.1, 0.15) is 28.3 Å². The van der Waals surface area contributed by atoms with Crippen LogP contribution in [0.5, 0.6) is 0 Å². The summed E-state index contributed by atoms with van der Waals surface area (Å²) in [6.07, 6.45) is 0.218. The maximum absolute atomic E-state index is 13.0. The van der Waals surface area contributed by atoms with E-state index in [1.54, 1.807) is 12.1 Å². The molecule has 0 saturated carbocycles. The van der Waals surface area contributed by atoms with E-state index in [4.69, 9.17) is 0 Å². The van der Waals surface area contributed by atoms with E-state index in [1.807, 2.05) is 61.5 Å². The molecule has 3 heteroatoms. The van der Waals surface area contributed by atoms with Gasteiger partial charge in [0.1, 0.15) is 5.82 Å². The highest BCUT2D eigenvalue weighted by molar-refractivity contribution is 5.79. The molecule has 1 atom stereocenters. The lowest BCUT2D eigenvalue weighted by Gasteiger charge is -2.20. The summed E-state index contributed by atoms with van der Waals surface area (Å²) < 4.78 is 13.0. The van der Waals surface area contributed by atoms with E-state index in [-0.39, 0.29) is 24.2 Å². The first-order valence-electron chi connectivity index (χ1n) is 8.27. The van der Waals surface area contributed by atoms with Crippen molar-refractivity contribution in [3.05, 3.63) is 107 Å². The van der Waals surface area contributed by atoms with Gasteiger partial charge in [0.05, 0.1) is 12.5 Å². The first-order chi connectivity index (χ1) is 12.1. The molecule has 0 aliphatic heterocycles. The van der Waals surface area contributed by atoms with E-state index in [9.17, 15) is 9.18 Å². The van der Waals surface area contributed by atoms with E-state index < -0.39 is 0 Å². The van der Waals surface area contributed by atoms with Crippen molar-refractivity contribution in [3.63, 3.8) is 0 Å². The first kappa shape index (κ1) is 16.9. The number of benzene rings is 3. The van der Waals surface area contributed by atoms with Crippen LogP contribution in [0.4, 0.5) is 4.39 Å². The summed E-state index contributed by atoms with van der Waals surface area (Å²) >= 11 is 0. The molecule has 126 valence electrons. The molecule has 0 unspecified atom stereocenters. The van der Waals surface area contributed by atoms with Crippen molar-refractivity contribution in [2.24, 2.45) is 0 Å². The fraction of sp³-hybridized carbons (Fsp3) is 0.136. The maximum atomic E-state index is 13.0. The van der Waals surface area contributed by atoms with Gasteiger partial charge in [-0.25, -0.2) is 4.39 Å². The fourth-order valence-corrected chi connectivity index (χ4v) is 2.76. The number of hydrogen-bond acceptors (Lipinski definition) is 1. The van der Waals surface area contributed by atoms with E-state index in [2.05, 4.69) is 5.32 Å². The summed E-state index contributed by atoms with van der Waals surface area (Å²) in [5, 5.41) is 3.10. The van der Waals surface area contributed by atoms with Gasteiger partial charge in [-0.05, 0) is 35.7 Å². The monoisotopic (exact) mass is 333 g/mol. The molecule has 0 aliphatic rings. The fourth-order valence-electron chi connectivity index (χ4n) is 2.76. The van der Waals surface area contributed by atoms with Crippen LogP contribution < -0.4 is 5.32 Å². The van der Waals surface area contributed by atoms with E-state index in [1.165, 1.54) is 17.7 Å². The molecule has 0 aromatic heterocycles. The summed E-state index contributed by atoms with van der Waals surface area (Å²) in [6.45, 7) is 2.04. The van der Waals surface area contributed by atoms with Crippen molar-refractivity contribution in [2.75, 3.05) is 0 Å². The van der Waals surface area contributed by atoms with Crippen molar-refractivity contribution in [2.45, 2.75) is 19.4 Å². The van der Waals surface area contributed by atoms with Gasteiger partial charge in [0, 0.05) is 0 Å². The summed E-state index contributed by atoms with van der Waals surface area (Å²) in [4.78, 5) is 12.5. The van der Waals surface area contributed by atoms with Crippen molar-refractivity contribution in [1.82, 2.24) is 5.32 Å². The van der Waals surface area contributed by atoms with Crippen LogP contribution in [0.15, 0.2) is 78.9 Å². The molecule has 0 saturated heterocycles. The Kier molecular flexibility index (Phi) is 5.24. The Bertz CT molecular complexity index is 826. The number of carbonyl (C=O) groups excluding carboxylic acids is 1. The Labute approximate surface area is 147 Å². The maximum Gasteiger partial charge on any atom is 0.225 e. The lowest BCUT2D eigenvalue weighted by atomic mass is 9.97. The van der Waals surface area contributed by atoms with Crippen molar-refractivity contribution < 1.29 is 9.18 Å². The molecule has 0 radical (unpaired) electrons. The first-order valence-corrected chi connectivity index (χ1v) is 8.27. The summed E-state index contributed by atoms with van der Waals surface area (Å²) in [7, 11) is 0. The molecule has 3 aromatic carbocycles. The van der Waals surface area contributed by atoms with Gasteiger partial charge in [-0.1, -0.05) is 72.3 Å². The van der Waals surface area contributed by atoms with Gasteiger partial charge in [0.25, 0.3) is 0 Å². The van der Waals surface area contributed by atoms with Crippen LogP contribution in [-0.2, 0) is 11.2 Å². The lowest BCUT2D eigenvalue weighted by Crippen LogP contribution is -2.30. The van der Waals surface area contributed by atoms with E-state index in [0.717, 1.165) is 16.7 Å². The molecule has 0 fully saturated rings. The second-order valence-electron chi connectivity index (χ2n) is 6.13. The van der Waals surface area contributed by atoms with Crippen LogP contribution in [0.2, 0.25) is 0 Å². The van der Waals surface area contributed by atoms with Crippen LogP contribution in [0, 0.1) is 12.7 Å². The quantitative estimate of drug-likeness (QED) is 0.727. The third kappa shape index (κ3) is 4.54. The molecule has 1 amide bonds. The Morgan fingerprint density at radius 1 is 0.880 bits per heavy atom. The third-order valence-corrected chi connectivity index (χ3v) is 4.13. The summed E-state index contributed by atoms with van der Waals surface area (Å²) in [6, 6.07) is 23.8. The number of carbonyl (C=O) groups is 1. The minimum atomic E-state index is -0.300. The summed E-state index contributed by atoms with van der Waals surface area (Å²) in [5.41, 5.74) is 4.02. The van der Waals surface area contributed by atoms with Gasteiger partial charge in [0.2, 0.25) is 5.91 Å². The molecule has 0 bridgehead atoms. The standard InChI is InChI=1S/C22H20FNO/c1-16-7-11-19(12-8-16)22(18-5-3-2-4-6-18)24-21(25)15-17-9-13-20(23)14-10-17/h2-14,22H,15H2,1H3,(H,24,25)/t22-/m0/s1. The van der Waals surface area contributed by atoms with Gasteiger partial charge >= 0.3 is 0 Å². The number of rotatable bonds is 5. The molecular weight excluding hydrogens is 313 g/mol. The minimum absolute atomic E-state index is 0.0963. The number of aryl methyl sites for hydroxylation is 1. The normalized spacial score (nSPS) is 11.8. The minimum Gasteiger partial charge on any atom is -0.345 e. The highest BCUT2D eigenvalue weighted by atomic mass is 19.1. The number of amides is 1. The Hall–Kier alpha value is -2.94. The predicted molar refractivity (Wildman–Crippen MR) is 97.7 cm³/mol. The Balaban J connectivity index is 1.81. The van der Waals surface area contributed by atoms with Gasteiger partial charge < -0.3 is 5.32 Å². The molecule has 0 aliphatic carbocycles. The second kappa shape index (κ2) is 7.75. The molecule has 0 spiro atoms. The van der Waals surface area contributed by atoms with Crippen molar-refractivity contribution in [1.29, 1.82) is 0 Å². The van der Waals surface area contributed by atoms with Crippen LogP contribution in [-0.4, -0.2) is 5.91 Å². The zero-order valence-electron chi connectivity index (χ0n) is 14.1. The molecule has 3 rings (SSSR count). The highest BCUT2D eigenvalue weighted by Crippen LogP contribution is 2.22. The zero-order chi connectivity index (χ0) is 17.6. The molecule has 1 N–H and O–H groups in total. The largest absolute Gasteiger partial charge is 0.345 e. The number of nitrogens with one attached hydrogen (secondary N) is 1. The van der Waals surface area contributed by atoms with Crippen molar-refractivity contribution >= 4 is 5.91 Å². The molecule has 0 heterocycles. The summed E-state index contributed by atoms with van der Waals surface area (Å²) in [5.74, 6) is -0.396. The second-order valence-corrected chi connectivity index (χ2v) is 6.13. The van der Waals surface area contributed by atoms with Crippen LogP contribution >= 0.6 is 0 Å². The predicted octanol–water partition coefficient (Wildman–Crippen LogP) is 4.58. The SMILES string of the molecule is Cc1ccc([C@@H](NC(=O)Cc2ccc(F)cc2)c2ccccc2)cc1. The number of hydrogen-bond donors (Lipinski definition) is 1. The molecule has 25 heavy (non-hydrogen) atoms. The lowest BCUT2D eigenvalue weighted by molar-refractivity contribution is -0.120. The van der Waals surface area contributed by atoms with Gasteiger partial charge in [-0.15, -0.1) is 0 Å². The average Bonchev–Trinajstić information content (AvgIpc) is 2.63. The van der Waals surface area contributed by atoms with Gasteiger partial charge in [-0.3, -0.25) is 4.79 Å². The third-order valence-electron chi connectivity index (χ3n) is 4.13. The topological polar surface area (TPSA) is 29.1 Å². The smallest absolute Gasteiger partial charge is 0.225 e. The Morgan fingerprint density at radius 2 is 1.48 bits per heavy atom. The van der Waals surface area contributed by atoms with Crippen molar-refractivity contribution in [3.8, 4) is 0 Å².